The van der Waals surface area contributed by atoms with Crippen LogP contribution in [0.1, 0.15) is 0 Å². The van der Waals surface area contributed by atoms with Crippen LogP contribution in [-0.2, 0) is 14.1 Å². The number of nitrogens with zero attached hydrogens (tertiary/aromatic N) is 2. The summed E-state index contributed by atoms with van der Waals surface area (Å²) < 4.78 is 15.5. The maximum Gasteiger partial charge on any atom is 0.350 e. The number of rotatable bonds is 9. The Bertz CT molecular complexity index is 394. The number of hydrogen-bond donors (Lipinski definition) is 4. The van der Waals surface area contributed by atoms with E-state index in [2.05, 4.69) is 10.3 Å². The van der Waals surface area contributed by atoms with Gasteiger partial charge in [0.25, 0.3) is 0 Å². The molecule has 20 heavy (non-hydrogen) atoms. The van der Waals surface area contributed by atoms with Gasteiger partial charge in [-0.25, -0.2) is 0 Å². The molecule has 0 bridgehead atoms. The second-order valence-electron chi connectivity index (χ2n) is 3.74. The Kier molecular flexibility index (Phi) is 9.02. The van der Waals surface area contributed by atoms with Crippen LogP contribution in [0.15, 0.2) is 17.3 Å². The first-order valence-electron chi connectivity index (χ1n) is 5.67. The average Bonchev–Trinajstić information content (AvgIpc) is 2.41. The van der Waals surface area contributed by atoms with Crippen molar-refractivity contribution in [3.8, 4) is 0 Å². The lowest BCUT2D eigenvalue weighted by Gasteiger charge is -2.20. The molecule has 0 aromatic heterocycles. The molecule has 0 saturated heterocycles. The Hall–Kier alpha value is -1.25. The maximum atomic E-state index is 10.9. The summed E-state index contributed by atoms with van der Waals surface area (Å²) in [5.41, 5.74) is 0. The number of nitrogens with one attached hydrogen (secondary N) is 1. The lowest BCUT2D eigenvalue weighted by molar-refractivity contribution is -0.117. The molecule has 4 N–H and O–H groups in total. The minimum absolute atomic E-state index is 0.0444. The molecule has 1 unspecified atom stereocenters. The fourth-order valence-corrected chi connectivity index (χ4v) is 1.58. The van der Waals surface area contributed by atoms with Gasteiger partial charge in [-0.15, -0.1) is 0 Å². The van der Waals surface area contributed by atoms with Gasteiger partial charge in [0.15, 0.2) is 0 Å². The van der Waals surface area contributed by atoms with E-state index in [-0.39, 0.29) is 6.54 Å². The van der Waals surface area contributed by atoms with E-state index in [1.54, 1.807) is 14.1 Å². The molecule has 0 fully saturated rings. The second kappa shape index (κ2) is 9.62. The molecule has 116 valence electrons. The van der Waals surface area contributed by atoms with E-state index in [9.17, 15) is 9.36 Å². The summed E-state index contributed by atoms with van der Waals surface area (Å²) in [4.78, 5) is 33.3. The highest BCUT2D eigenvalue weighted by Gasteiger charge is 2.18. The summed E-state index contributed by atoms with van der Waals surface area (Å²) in [5.74, 6) is 0.536. The molecule has 0 aliphatic rings. The first-order chi connectivity index (χ1) is 9.36. The Morgan fingerprint density at radius 3 is 2.60 bits per heavy atom. The fraction of sp³-hybridized carbons (Fsp3) is 0.600. The van der Waals surface area contributed by atoms with Gasteiger partial charge in [0, 0.05) is 20.3 Å². The number of ether oxygens (including phenoxy) is 1. The number of aliphatic imine (C=N–C) groups is 1. The van der Waals surface area contributed by atoms with E-state index in [4.69, 9.17) is 19.6 Å². The van der Waals surface area contributed by atoms with Crippen molar-refractivity contribution < 1.29 is 29.0 Å². The molecule has 0 rings (SSSR count). The Labute approximate surface area is 117 Å². The number of hydrogen-bond acceptors (Lipinski definition) is 5. The first-order valence-corrected chi connectivity index (χ1v) is 7.46. The molecule has 10 heteroatoms. The van der Waals surface area contributed by atoms with Gasteiger partial charge in [0.2, 0.25) is 6.41 Å². The lowest BCUT2D eigenvalue weighted by atomic mass is 10.3. The number of amides is 1. The summed E-state index contributed by atoms with van der Waals surface area (Å²) in [7, 11) is -1.08. The number of aliphatic hydroxyl groups excluding tert-OH is 1. The Morgan fingerprint density at radius 2 is 2.20 bits per heavy atom. The van der Waals surface area contributed by atoms with Crippen LogP contribution in [-0.4, -0.2) is 71.7 Å². The third kappa shape index (κ3) is 8.78. The van der Waals surface area contributed by atoms with Crippen molar-refractivity contribution >= 4 is 19.8 Å². The van der Waals surface area contributed by atoms with Crippen molar-refractivity contribution in [1.29, 1.82) is 0 Å². The van der Waals surface area contributed by atoms with Crippen LogP contribution in [0.3, 0.4) is 0 Å². The minimum Gasteiger partial charge on any atom is -0.394 e. The van der Waals surface area contributed by atoms with Crippen molar-refractivity contribution in [2.75, 3.05) is 33.6 Å². The molecule has 1 amide bonds. The molecule has 0 radical (unpaired) electrons. The van der Waals surface area contributed by atoms with E-state index in [1.807, 2.05) is 0 Å². The largest absolute Gasteiger partial charge is 0.394 e. The fourth-order valence-electron chi connectivity index (χ4n) is 1.18. The van der Waals surface area contributed by atoms with Crippen molar-refractivity contribution in [2.24, 2.45) is 4.99 Å². The average molecular weight is 309 g/mol. The van der Waals surface area contributed by atoms with Crippen molar-refractivity contribution in [2.45, 2.75) is 6.10 Å². The zero-order valence-electron chi connectivity index (χ0n) is 11.3. The summed E-state index contributed by atoms with van der Waals surface area (Å²) in [6.07, 6.45) is 1.74. The quantitative estimate of drug-likeness (QED) is 0.180. The maximum absolute atomic E-state index is 10.9. The van der Waals surface area contributed by atoms with E-state index in [0.29, 0.717) is 12.2 Å². The molecule has 0 heterocycles. The van der Waals surface area contributed by atoms with Gasteiger partial charge in [0.1, 0.15) is 12.2 Å². The van der Waals surface area contributed by atoms with Gasteiger partial charge >= 0.3 is 7.60 Å². The van der Waals surface area contributed by atoms with Crippen LogP contribution >= 0.6 is 7.60 Å². The monoisotopic (exact) mass is 309 g/mol. The van der Waals surface area contributed by atoms with Gasteiger partial charge < -0.3 is 29.8 Å². The van der Waals surface area contributed by atoms with E-state index in [0.717, 1.165) is 0 Å². The van der Waals surface area contributed by atoms with E-state index in [1.165, 1.54) is 17.2 Å². The molecule has 0 aliphatic heterocycles. The zero-order valence-corrected chi connectivity index (χ0v) is 12.2. The van der Waals surface area contributed by atoms with Crippen LogP contribution in [0, 0.1) is 0 Å². The topological polar surface area (TPSA) is 132 Å². The van der Waals surface area contributed by atoms with Crippen molar-refractivity contribution in [3.05, 3.63) is 12.3 Å². The van der Waals surface area contributed by atoms with Crippen LogP contribution in [0.25, 0.3) is 0 Å². The van der Waals surface area contributed by atoms with Crippen molar-refractivity contribution in [3.63, 3.8) is 0 Å². The molecular weight excluding hydrogens is 289 g/mol. The molecule has 1 atom stereocenters. The lowest BCUT2D eigenvalue weighted by Crippen LogP contribution is -2.33. The highest BCUT2D eigenvalue weighted by atomic mass is 31.2. The molecule has 0 aromatic carbocycles. The van der Waals surface area contributed by atoms with Crippen molar-refractivity contribution in [1.82, 2.24) is 10.2 Å². The number of carbonyl (C=O) groups is 1. The van der Waals surface area contributed by atoms with E-state index < -0.39 is 26.7 Å². The molecule has 0 spiro atoms. The normalized spacial score (nSPS) is 14.3. The summed E-state index contributed by atoms with van der Waals surface area (Å²) >= 11 is 0. The third-order valence-corrected chi connectivity index (χ3v) is 2.64. The number of carbonyl (C=O) groups excluding carboxylic acids is 1. The van der Waals surface area contributed by atoms with Gasteiger partial charge in [-0.05, 0) is 6.08 Å². The second-order valence-corrected chi connectivity index (χ2v) is 5.33. The highest BCUT2D eigenvalue weighted by Crippen LogP contribution is 2.34. The number of likely N-dealkylation sites (N-methyl/N-ethyl adjacent to an activating group) is 1. The van der Waals surface area contributed by atoms with Crippen LogP contribution in [0.4, 0.5) is 0 Å². The van der Waals surface area contributed by atoms with Crippen LogP contribution < -0.4 is 5.32 Å². The predicted octanol–water partition coefficient (Wildman–Crippen LogP) is -1.28. The van der Waals surface area contributed by atoms with Gasteiger partial charge in [0.05, 0.1) is 19.3 Å². The summed E-state index contributed by atoms with van der Waals surface area (Å²) in [6.45, 7) is -0.518. The third-order valence-electron chi connectivity index (χ3n) is 2.15. The molecule has 9 nitrogen and oxygen atoms in total. The van der Waals surface area contributed by atoms with Crippen LogP contribution in [0.2, 0.25) is 0 Å². The first kappa shape index (κ1) is 18.8. The molecular formula is C10H20N3O6P. The van der Waals surface area contributed by atoms with Gasteiger partial charge in [-0.3, -0.25) is 14.4 Å². The van der Waals surface area contributed by atoms with E-state index >= 15 is 0 Å². The SMILES string of the molecule is CN=C(/C=C\N(C=O)CC(CO)OCP(=O)(O)O)NC. The molecule has 0 saturated carbocycles. The number of aliphatic hydroxyl groups is 1. The van der Waals surface area contributed by atoms with Gasteiger partial charge in [-0.2, -0.15) is 0 Å². The van der Waals surface area contributed by atoms with Gasteiger partial charge in [-0.1, -0.05) is 0 Å². The Morgan fingerprint density at radius 1 is 1.55 bits per heavy atom. The Balaban J connectivity index is 4.51. The van der Waals surface area contributed by atoms with Crippen LogP contribution in [0.5, 0.6) is 0 Å². The summed E-state index contributed by atoms with van der Waals surface area (Å²) in [6, 6.07) is 0. The highest BCUT2D eigenvalue weighted by molar-refractivity contribution is 7.51. The standard InChI is InChI=1S/C10H20N3O6P/c1-11-10(12-2)3-4-13(7-15)5-9(6-14)19-8-20(16,17)18/h3-4,7,9,14H,5-6,8H2,1-2H3,(H,11,12)(H2,16,17,18)/b4-3-. The molecule has 0 aromatic rings. The minimum atomic E-state index is -4.31. The number of amidine groups is 1. The molecule has 0 aliphatic carbocycles. The summed E-state index contributed by atoms with van der Waals surface area (Å²) in [5, 5.41) is 11.8. The zero-order chi connectivity index (χ0) is 15.6. The predicted molar refractivity (Wildman–Crippen MR) is 73.2 cm³/mol. The smallest absolute Gasteiger partial charge is 0.350 e.